The molecule has 0 aromatic heterocycles. The van der Waals surface area contributed by atoms with Crippen LogP contribution in [-0.2, 0) is 17.6 Å². The molecule has 2 N–H and O–H groups in total. The first kappa shape index (κ1) is 10.2. The van der Waals surface area contributed by atoms with E-state index in [2.05, 4.69) is 12.1 Å². The molecule has 1 aliphatic heterocycles. The van der Waals surface area contributed by atoms with E-state index in [9.17, 15) is 0 Å². The van der Waals surface area contributed by atoms with Crippen LogP contribution in [0.4, 0.5) is 5.69 Å². The lowest BCUT2D eigenvalue weighted by atomic mass is 9.88. The smallest absolute Gasteiger partial charge is 0.0471 e. The summed E-state index contributed by atoms with van der Waals surface area (Å²) in [5.41, 5.74) is 11.7. The monoisotopic (exact) mass is 217 g/mol. The lowest BCUT2D eigenvalue weighted by Crippen LogP contribution is -2.16. The minimum Gasteiger partial charge on any atom is -0.398 e. The summed E-state index contributed by atoms with van der Waals surface area (Å²) in [7, 11) is 0. The Labute approximate surface area is 96.8 Å². The Morgan fingerprint density at radius 2 is 1.94 bits per heavy atom. The third-order valence-corrected chi connectivity index (χ3v) is 4.02. The van der Waals surface area contributed by atoms with Crippen LogP contribution in [0.1, 0.15) is 41.9 Å². The molecule has 0 amide bonds. The molecule has 1 aromatic carbocycles. The highest BCUT2D eigenvalue weighted by atomic mass is 16.5. The second-order valence-corrected chi connectivity index (χ2v) is 4.95. The molecule has 2 nitrogen and oxygen atoms in total. The average molecular weight is 217 g/mol. The van der Waals surface area contributed by atoms with Gasteiger partial charge in [-0.1, -0.05) is 12.1 Å². The topological polar surface area (TPSA) is 35.2 Å². The predicted molar refractivity (Wildman–Crippen MR) is 65.7 cm³/mol. The minimum absolute atomic E-state index is 0.625. The Morgan fingerprint density at radius 1 is 1.12 bits per heavy atom. The highest BCUT2D eigenvalue weighted by Gasteiger charge is 2.22. The SMILES string of the molecule is Nc1c(C2CCOCC2)ccc2c1CCC2. The zero-order chi connectivity index (χ0) is 11.0. The van der Waals surface area contributed by atoms with Crippen LogP contribution < -0.4 is 5.73 Å². The standard InChI is InChI=1S/C14H19NO/c15-14-12-3-1-2-10(12)4-5-13(14)11-6-8-16-9-7-11/h4-5,11H,1-3,6-9,15H2. The molecule has 1 heterocycles. The third-order valence-electron chi connectivity index (χ3n) is 4.02. The Morgan fingerprint density at radius 3 is 2.75 bits per heavy atom. The summed E-state index contributed by atoms with van der Waals surface area (Å²) in [5.74, 6) is 0.625. The molecule has 0 bridgehead atoms. The second kappa shape index (κ2) is 4.10. The number of nitrogens with two attached hydrogens (primary N) is 1. The van der Waals surface area contributed by atoms with Crippen molar-refractivity contribution in [3.05, 3.63) is 28.8 Å². The number of nitrogen functional groups attached to an aromatic ring is 1. The zero-order valence-electron chi connectivity index (χ0n) is 9.67. The fourth-order valence-electron chi connectivity index (χ4n) is 3.08. The van der Waals surface area contributed by atoms with Crippen LogP contribution >= 0.6 is 0 Å². The van der Waals surface area contributed by atoms with Crippen molar-refractivity contribution in [2.45, 2.75) is 38.0 Å². The van der Waals surface area contributed by atoms with Crippen LogP contribution in [0.2, 0.25) is 0 Å². The van der Waals surface area contributed by atoms with E-state index in [1.165, 1.54) is 36.0 Å². The van der Waals surface area contributed by atoms with Gasteiger partial charge in [0.05, 0.1) is 0 Å². The van der Waals surface area contributed by atoms with Gasteiger partial charge >= 0.3 is 0 Å². The summed E-state index contributed by atoms with van der Waals surface area (Å²) in [6.07, 6.45) is 5.93. The zero-order valence-corrected chi connectivity index (χ0v) is 9.67. The quantitative estimate of drug-likeness (QED) is 0.734. The highest BCUT2D eigenvalue weighted by molar-refractivity contribution is 5.60. The molecule has 0 unspecified atom stereocenters. The molecule has 1 aromatic rings. The van der Waals surface area contributed by atoms with Crippen LogP contribution in [-0.4, -0.2) is 13.2 Å². The molecule has 16 heavy (non-hydrogen) atoms. The maximum atomic E-state index is 6.32. The number of rotatable bonds is 1. The average Bonchev–Trinajstić information content (AvgIpc) is 2.80. The predicted octanol–water partition coefficient (Wildman–Crippen LogP) is 2.65. The maximum Gasteiger partial charge on any atom is 0.0471 e. The number of benzene rings is 1. The number of hydrogen-bond donors (Lipinski definition) is 1. The number of anilines is 1. The summed E-state index contributed by atoms with van der Waals surface area (Å²) < 4.78 is 5.41. The molecular weight excluding hydrogens is 198 g/mol. The number of aryl methyl sites for hydroxylation is 1. The summed E-state index contributed by atoms with van der Waals surface area (Å²) in [6, 6.07) is 4.55. The van der Waals surface area contributed by atoms with E-state index in [0.29, 0.717) is 5.92 Å². The molecule has 1 saturated heterocycles. The van der Waals surface area contributed by atoms with Crippen molar-refractivity contribution in [3.8, 4) is 0 Å². The van der Waals surface area contributed by atoms with Crippen molar-refractivity contribution in [1.29, 1.82) is 0 Å². The number of ether oxygens (including phenoxy) is 1. The summed E-state index contributed by atoms with van der Waals surface area (Å²) in [6.45, 7) is 1.78. The maximum absolute atomic E-state index is 6.32. The summed E-state index contributed by atoms with van der Waals surface area (Å²) in [5, 5.41) is 0. The van der Waals surface area contributed by atoms with Gasteiger partial charge in [-0.15, -0.1) is 0 Å². The molecule has 3 rings (SSSR count). The van der Waals surface area contributed by atoms with Crippen molar-refractivity contribution < 1.29 is 4.74 Å². The van der Waals surface area contributed by atoms with Gasteiger partial charge in [0.15, 0.2) is 0 Å². The van der Waals surface area contributed by atoms with Gasteiger partial charge in [0, 0.05) is 18.9 Å². The van der Waals surface area contributed by atoms with E-state index in [1.54, 1.807) is 0 Å². The van der Waals surface area contributed by atoms with Crippen molar-refractivity contribution >= 4 is 5.69 Å². The lowest BCUT2D eigenvalue weighted by molar-refractivity contribution is 0.0854. The van der Waals surface area contributed by atoms with E-state index < -0.39 is 0 Å². The van der Waals surface area contributed by atoms with Gasteiger partial charge in [0.25, 0.3) is 0 Å². The van der Waals surface area contributed by atoms with E-state index in [-0.39, 0.29) is 0 Å². The molecule has 86 valence electrons. The van der Waals surface area contributed by atoms with Crippen LogP contribution in [0.15, 0.2) is 12.1 Å². The molecule has 0 spiro atoms. The molecule has 0 radical (unpaired) electrons. The fourth-order valence-corrected chi connectivity index (χ4v) is 3.08. The number of hydrogen-bond acceptors (Lipinski definition) is 2. The van der Waals surface area contributed by atoms with Gasteiger partial charge in [0.2, 0.25) is 0 Å². The van der Waals surface area contributed by atoms with Crippen LogP contribution in [0.3, 0.4) is 0 Å². The van der Waals surface area contributed by atoms with E-state index >= 15 is 0 Å². The lowest BCUT2D eigenvalue weighted by Gasteiger charge is -2.24. The summed E-state index contributed by atoms with van der Waals surface area (Å²) in [4.78, 5) is 0. The molecular formula is C14H19NO. The van der Waals surface area contributed by atoms with E-state index in [0.717, 1.165) is 31.7 Å². The molecule has 2 aliphatic rings. The van der Waals surface area contributed by atoms with Gasteiger partial charge in [-0.3, -0.25) is 0 Å². The van der Waals surface area contributed by atoms with Gasteiger partial charge < -0.3 is 10.5 Å². The van der Waals surface area contributed by atoms with Crippen molar-refractivity contribution in [2.75, 3.05) is 18.9 Å². The van der Waals surface area contributed by atoms with Gasteiger partial charge in [-0.05, 0) is 54.7 Å². The summed E-state index contributed by atoms with van der Waals surface area (Å²) >= 11 is 0. The van der Waals surface area contributed by atoms with Crippen molar-refractivity contribution in [2.24, 2.45) is 0 Å². The Bertz CT molecular complexity index is 394. The first-order valence-electron chi connectivity index (χ1n) is 6.34. The van der Waals surface area contributed by atoms with Crippen LogP contribution in [0.5, 0.6) is 0 Å². The van der Waals surface area contributed by atoms with Crippen LogP contribution in [0.25, 0.3) is 0 Å². The van der Waals surface area contributed by atoms with Crippen molar-refractivity contribution in [1.82, 2.24) is 0 Å². The van der Waals surface area contributed by atoms with Crippen molar-refractivity contribution in [3.63, 3.8) is 0 Å². The normalized spacial score (nSPS) is 21.0. The van der Waals surface area contributed by atoms with Gasteiger partial charge in [0.1, 0.15) is 0 Å². The highest BCUT2D eigenvalue weighted by Crippen LogP contribution is 2.36. The molecule has 0 saturated carbocycles. The van der Waals surface area contributed by atoms with E-state index in [4.69, 9.17) is 10.5 Å². The van der Waals surface area contributed by atoms with Gasteiger partial charge in [-0.25, -0.2) is 0 Å². The Kier molecular flexibility index (Phi) is 2.60. The molecule has 1 fully saturated rings. The Hall–Kier alpha value is -1.02. The fraction of sp³-hybridized carbons (Fsp3) is 0.571. The first-order valence-corrected chi connectivity index (χ1v) is 6.34. The van der Waals surface area contributed by atoms with E-state index in [1.807, 2.05) is 0 Å². The Balaban J connectivity index is 1.95. The largest absolute Gasteiger partial charge is 0.398 e. The third kappa shape index (κ3) is 1.61. The second-order valence-electron chi connectivity index (χ2n) is 4.95. The molecule has 2 heteroatoms. The van der Waals surface area contributed by atoms with Gasteiger partial charge in [-0.2, -0.15) is 0 Å². The minimum atomic E-state index is 0.625. The number of fused-ring (bicyclic) bond motifs is 1. The first-order chi connectivity index (χ1) is 7.86. The molecule has 0 atom stereocenters. The molecule has 1 aliphatic carbocycles. The van der Waals surface area contributed by atoms with Crippen LogP contribution in [0, 0.1) is 0 Å².